The Hall–Kier alpha value is -1.57. The fourth-order valence-corrected chi connectivity index (χ4v) is 3.18. The van der Waals surface area contributed by atoms with E-state index >= 15 is 0 Å². The molecule has 0 saturated carbocycles. The summed E-state index contributed by atoms with van der Waals surface area (Å²) in [6.07, 6.45) is 8.80. The quantitative estimate of drug-likeness (QED) is 0.385. The minimum absolute atomic E-state index is 0.606. The fourth-order valence-electron chi connectivity index (χ4n) is 2.55. The molecule has 0 fully saturated rings. The van der Waals surface area contributed by atoms with Crippen LogP contribution >= 0.6 is 8.60 Å². The molecule has 130 valence electrons. The molecule has 1 atom stereocenters. The molecule has 2 aromatic rings. The van der Waals surface area contributed by atoms with Gasteiger partial charge in [-0.1, -0.05) is 69.4 Å². The highest BCUT2D eigenvalue weighted by atomic mass is 31.2. The lowest BCUT2D eigenvalue weighted by molar-refractivity contribution is 0.381. The number of benzene rings is 2. The van der Waals surface area contributed by atoms with Gasteiger partial charge in [0.1, 0.15) is 11.5 Å². The fraction of sp³-hybridized carbons (Fsp3) is 0.400. The van der Waals surface area contributed by atoms with Crippen LogP contribution in [0.3, 0.4) is 0 Å². The van der Waals surface area contributed by atoms with E-state index in [-0.39, 0.29) is 0 Å². The first-order valence-corrected chi connectivity index (χ1v) is 9.90. The molecule has 24 heavy (non-hydrogen) atoms. The van der Waals surface area contributed by atoms with Gasteiger partial charge in [-0.25, -0.2) is 0 Å². The van der Waals surface area contributed by atoms with E-state index in [1.807, 2.05) is 36.4 Å². The molecule has 1 N–H and O–H groups in total. The Labute approximate surface area is 146 Å². The molecule has 1 unspecified atom stereocenters. The number of aryl methyl sites for hydroxylation is 1. The van der Waals surface area contributed by atoms with Crippen LogP contribution < -0.4 is 9.05 Å². The topological polar surface area (TPSA) is 38.7 Å². The van der Waals surface area contributed by atoms with E-state index in [4.69, 9.17) is 9.05 Å². The summed E-state index contributed by atoms with van der Waals surface area (Å²) < 4.78 is 10.9. The Bertz CT molecular complexity index is 574. The van der Waals surface area contributed by atoms with Crippen molar-refractivity contribution in [2.45, 2.75) is 51.9 Å². The maximum atomic E-state index is 9.96. The van der Waals surface area contributed by atoms with Gasteiger partial charge in [-0.15, -0.1) is 0 Å². The molecule has 2 aromatic carbocycles. The van der Waals surface area contributed by atoms with Crippen LogP contribution in [0.4, 0.5) is 0 Å². The van der Waals surface area contributed by atoms with E-state index in [0.29, 0.717) is 11.5 Å². The lowest BCUT2D eigenvalue weighted by Crippen LogP contribution is -1.95. The summed E-state index contributed by atoms with van der Waals surface area (Å²) in [5, 5.41) is 0. The monoisotopic (exact) mass is 346 g/mol. The summed E-state index contributed by atoms with van der Waals surface area (Å²) in [5.74, 6) is 1.26. The maximum absolute atomic E-state index is 9.96. The molecule has 0 heterocycles. The van der Waals surface area contributed by atoms with E-state index < -0.39 is 8.60 Å². The zero-order chi connectivity index (χ0) is 17.0. The van der Waals surface area contributed by atoms with Crippen molar-refractivity contribution in [3.63, 3.8) is 0 Å². The van der Waals surface area contributed by atoms with Gasteiger partial charge in [-0.05, 0) is 42.7 Å². The summed E-state index contributed by atoms with van der Waals surface area (Å²) in [7, 11) is -1.97. The van der Waals surface area contributed by atoms with Gasteiger partial charge in [0.15, 0.2) is 0 Å². The normalized spacial score (nSPS) is 11.9. The standard InChI is InChI=1S/C20H27O3P/c1-2-3-4-5-6-8-12-18-13-11-16-20(17-18)23-24(21)22-19-14-9-7-10-15-19/h7,9-11,13-17,21H,2-6,8,12H2,1H3. The Kier molecular flexibility index (Phi) is 8.65. The highest BCUT2D eigenvalue weighted by Gasteiger charge is 2.11. The van der Waals surface area contributed by atoms with E-state index in [1.54, 1.807) is 12.1 Å². The third kappa shape index (κ3) is 7.33. The van der Waals surface area contributed by atoms with Crippen molar-refractivity contribution < 1.29 is 13.9 Å². The zero-order valence-corrected chi connectivity index (χ0v) is 15.3. The van der Waals surface area contributed by atoms with Gasteiger partial charge in [0.05, 0.1) is 0 Å². The second kappa shape index (κ2) is 11.1. The van der Waals surface area contributed by atoms with Gasteiger partial charge in [0, 0.05) is 0 Å². The second-order valence-electron chi connectivity index (χ2n) is 5.90. The van der Waals surface area contributed by atoms with Gasteiger partial charge >= 0.3 is 8.60 Å². The predicted molar refractivity (Wildman–Crippen MR) is 100 cm³/mol. The van der Waals surface area contributed by atoms with Gasteiger partial charge < -0.3 is 13.9 Å². The molecule has 0 spiro atoms. The minimum atomic E-state index is -1.97. The Morgan fingerprint density at radius 2 is 1.46 bits per heavy atom. The minimum Gasteiger partial charge on any atom is -0.418 e. The van der Waals surface area contributed by atoms with Gasteiger partial charge in [-0.2, -0.15) is 0 Å². The summed E-state index contributed by atoms with van der Waals surface area (Å²) in [6.45, 7) is 2.24. The van der Waals surface area contributed by atoms with Crippen LogP contribution in [0.1, 0.15) is 51.0 Å². The molecule has 0 saturated heterocycles. The van der Waals surface area contributed by atoms with E-state index in [0.717, 1.165) is 6.42 Å². The first kappa shape index (κ1) is 18.8. The molecule has 2 rings (SSSR count). The molecule has 0 aliphatic heterocycles. The zero-order valence-electron chi connectivity index (χ0n) is 14.4. The van der Waals surface area contributed by atoms with Crippen molar-refractivity contribution in [1.82, 2.24) is 0 Å². The van der Waals surface area contributed by atoms with Crippen molar-refractivity contribution in [3.05, 3.63) is 60.2 Å². The van der Waals surface area contributed by atoms with Crippen molar-refractivity contribution >= 4 is 8.60 Å². The third-order valence-corrected chi connectivity index (χ3v) is 4.56. The summed E-state index contributed by atoms with van der Waals surface area (Å²) in [6, 6.07) is 17.1. The van der Waals surface area contributed by atoms with Crippen molar-refractivity contribution in [2.75, 3.05) is 0 Å². The van der Waals surface area contributed by atoms with Crippen LogP contribution in [0.15, 0.2) is 54.6 Å². The number of hydrogen-bond acceptors (Lipinski definition) is 3. The number of para-hydroxylation sites is 1. The molecule has 3 nitrogen and oxygen atoms in total. The summed E-state index contributed by atoms with van der Waals surface area (Å²) in [4.78, 5) is 9.96. The van der Waals surface area contributed by atoms with Crippen LogP contribution in [-0.4, -0.2) is 4.89 Å². The molecule has 0 bridgehead atoms. The molecule has 0 amide bonds. The van der Waals surface area contributed by atoms with Crippen LogP contribution in [0.2, 0.25) is 0 Å². The lowest BCUT2D eigenvalue weighted by atomic mass is 10.0. The highest BCUT2D eigenvalue weighted by molar-refractivity contribution is 7.41. The molecule has 0 aliphatic carbocycles. The van der Waals surface area contributed by atoms with Gasteiger partial charge in [0.2, 0.25) is 0 Å². The molecular weight excluding hydrogens is 319 g/mol. The van der Waals surface area contributed by atoms with E-state index in [2.05, 4.69) is 13.0 Å². The number of unbranched alkanes of at least 4 members (excludes halogenated alkanes) is 5. The average molecular weight is 346 g/mol. The van der Waals surface area contributed by atoms with Crippen molar-refractivity contribution in [3.8, 4) is 11.5 Å². The Morgan fingerprint density at radius 3 is 2.25 bits per heavy atom. The number of hydrogen-bond donors (Lipinski definition) is 1. The largest absolute Gasteiger partial charge is 0.460 e. The first-order chi connectivity index (χ1) is 11.8. The molecule has 0 aromatic heterocycles. The summed E-state index contributed by atoms with van der Waals surface area (Å²) >= 11 is 0. The van der Waals surface area contributed by atoms with Crippen LogP contribution in [0.5, 0.6) is 11.5 Å². The SMILES string of the molecule is CCCCCCCCc1cccc(OP(O)Oc2ccccc2)c1. The molecule has 0 radical (unpaired) electrons. The maximum Gasteiger partial charge on any atom is 0.460 e. The van der Waals surface area contributed by atoms with E-state index in [1.165, 1.54) is 44.1 Å². The summed E-state index contributed by atoms with van der Waals surface area (Å²) in [5.41, 5.74) is 1.24. The van der Waals surface area contributed by atoms with Crippen molar-refractivity contribution in [1.29, 1.82) is 0 Å². The predicted octanol–water partition coefficient (Wildman–Crippen LogP) is 6.27. The lowest BCUT2D eigenvalue weighted by Gasteiger charge is -2.13. The van der Waals surface area contributed by atoms with Crippen LogP contribution in [0, 0.1) is 0 Å². The molecule has 4 heteroatoms. The molecule has 0 aliphatic rings. The second-order valence-corrected chi connectivity index (χ2v) is 6.74. The highest BCUT2D eigenvalue weighted by Crippen LogP contribution is 2.36. The Morgan fingerprint density at radius 1 is 0.792 bits per heavy atom. The van der Waals surface area contributed by atoms with Gasteiger partial charge in [-0.3, -0.25) is 0 Å². The third-order valence-electron chi connectivity index (χ3n) is 3.83. The smallest absolute Gasteiger partial charge is 0.418 e. The Balaban J connectivity index is 1.75. The van der Waals surface area contributed by atoms with Gasteiger partial charge in [0.25, 0.3) is 0 Å². The van der Waals surface area contributed by atoms with Crippen LogP contribution in [0.25, 0.3) is 0 Å². The first-order valence-electron chi connectivity index (χ1n) is 8.77. The average Bonchev–Trinajstić information content (AvgIpc) is 2.59. The number of rotatable bonds is 11. The van der Waals surface area contributed by atoms with E-state index in [9.17, 15) is 4.89 Å². The van der Waals surface area contributed by atoms with Crippen molar-refractivity contribution in [2.24, 2.45) is 0 Å². The molecular formula is C20H27O3P. The van der Waals surface area contributed by atoms with Crippen LogP contribution in [-0.2, 0) is 6.42 Å².